The van der Waals surface area contributed by atoms with Crippen molar-refractivity contribution >= 4 is 28.5 Å². The molecule has 5 nitrogen and oxygen atoms in total. The van der Waals surface area contributed by atoms with Crippen LogP contribution in [0.5, 0.6) is 0 Å². The largest absolute Gasteiger partial charge is 0.328 e. The number of nitrogens with one attached hydrogen (secondary N) is 1. The first kappa shape index (κ1) is 11.6. The Hall–Kier alpha value is -2.43. The molecule has 1 saturated heterocycles. The first-order chi connectivity index (χ1) is 9.24. The summed E-state index contributed by atoms with van der Waals surface area (Å²) < 4.78 is 0. The van der Waals surface area contributed by atoms with Crippen molar-refractivity contribution in [1.29, 1.82) is 0 Å². The van der Waals surface area contributed by atoms with Crippen molar-refractivity contribution in [3.63, 3.8) is 0 Å². The number of pyridine rings is 1. The monoisotopic (exact) mass is 255 g/mol. The minimum absolute atomic E-state index is 0.213. The molecular weight excluding hydrogens is 242 g/mol. The molecule has 0 bridgehead atoms. The molecule has 1 fully saturated rings. The fraction of sp³-hybridized carbons (Fsp3) is 0.214. The van der Waals surface area contributed by atoms with Crippen LogP contribution >= 0.6 is 0 Å². The van der Waals surface area contributed by atoms with Crippen molar-refractivity contribution in [1.82, 2.24) is 10.3 Å². The standard InChI is InChI=1S/C14H13N3O2/c18-13-4-2-8-17(14(19)16-13)11-5-6-12-10(9-11)3-1-7-15-12/h1,3,5-7,9H,2,4,8H2,(H,16,18,19). The number of anilines is 1. The Morgan fingerprint density at radius 2 is 2.11 bits per heavy atom. The van der Waals surface area contributed by atoms with Gasteiger partial charge in [-0.15, -0.1) is 0 Å². The van der Waals surface area contributed by atoms with Crippen LogP contribution in [-0.4, -0.2) is 23.5 Å². The van der Waals surface area contributed by atoms with Gasteiger partial charge in [0.25, 0.3) is 0 Å². The zero-order chi connectivity index (χ0) is 13.2. The van der Waals surface area contributed by atoms with E-state index in [1.807, 2.05) is 30.3 Å². The molecule has 1 aliphatic heterocycles. The van der Waals surface area contributed by atoms with Gasteiger partial charge in [0, 0.05) is 30.2 Å². The Morgan fingerprint density at radius 1 is 1.21 bits per heavy atom. The molecule has 0 unspecified atom stereocenters. The van der Waals surface area contributed by atoms with Gasteiger partial charge in [-0.3, -0.25) is 20.0 Å². The molecule has 1 aromatic heterocycles. The zero-order valence-corrected chi connectivity index (χ0v) is 10.3. The molecule has 0 spiro atoms. The summed E-state index contributed by atoms with van der Waals surface area (Å²) in [5.41, 5.74) is 1.67. The summed E-state index contributed by atoms with van der Waals surface area (Å²) in [5, 5.41) is 3.35. The van der Waals surface area contributed by atoms with Crippen molar-refractivity contribution in [3.05, 3.63) is 36.5 Å². The summed E-state index contributed by atoms with van der Waals surface area (Å²) in [7, 11) is 0. The normalized spacial score (nSPS) is 16.3. The Morgan fingerprint density at radius 3 is 3.00 bits per heavy atom. The van der Waals surface area contributed by atoms with Gasteiger partial charge in [-0.2, -0.15) is 0 Å². The lowest BCUT2D eigenvalue weighted by molar-refractivity contribution is -0.119. The van der Waals surface area contributed by atoms with Crippen molar-refractivity contribution in [3.8, 4) is 0 Å². The SMILES string of the molecule is O=C1CCCN(c2ccc3ncccc3c2)C(=O)N1. The van der Waals surface area contributed by atoms with Crippen molar-refractivity contribution < 1.29 is 9.59 Å². The number of imide groups is 1. The van der Waals surface area contributed by atoms with Gasteiger partial charge in [0.15, 0.2) is 0 Å². The molecule has 0 radical (unpaired) electrons. The van der Waals surface area contributed by atoms with Crippen LogP contribution in [0.15, 0.2) is 36.5 Å². The molecule has 5 heteroatoms. The second kappa shape index (κ2) is 4.68. The van der Waals surface area contributed by atoms with Gasteiger partial charge in [-0.1, -0.05) is 6.07 Å². The Labute approximate surface area is 110 Å². The lowest BCUT2D eigenvalue weighted by Crippen LogP contribution is -2.40. The average Bonchev–Trinajstić information content (AvgIpc) is 2.59. The topological polar surface area (TPSA) is 62.3 Å². The summed E-state index contributed by atoms with van der Waals surface area (Å²) in [6.45, 7) is 0.545. The fourth-order valence-electron chi connectivity index (χ4n) is 2.23. The van der Waals surface area contributed by atoms with Crippen LogP contribution in [0.3, 0.4) is 0 Å². The van der Waals surface area contributed by atoms with Crippen molar-refractivity contribution in [2.75, 3.05) is 11.4 Å². The smallest absolute Gasteiger partial charge is 0.294 e. The number of fused-ring (bicyclic) bond motifs is 1. The highest BCUT2D eigenvalue weighted by Crippen LogP contribution is 2.22. The van der Waals surface area contributed by atoms with E-state index >= 15 is 0 Å². The van der Waals surface area contributed by atoms with Crippen LogP contribution in [0.25, 0.3) is 10.9 Å². The second-order valence-electron chi connectivity index (χ2n) is 4.49. The van der Waals surface area contributed by atoms with E-state index in [9.17, 15) is 9.59 Å². The number of rotatable bonds is 1. The van der Waals surface area contributed by atoms with E-state index in [-0.39, 0.29) is 11.9 Å². The van der Waals surface area contributed by atoms with Gasteiger partial charge in [0.1, 0.15) is 0 Å². The molecule has 0 aliphatic carbocycles. The minimum Gasteiger partial charge on any atom is -0.294 e. The maximum absolute atomic E-state index is 11.9. The van der Waals surface area contributed by atoms with Crippen LogP contribution in [0.1, 0.15) is 12.8 Å². The van der Waals surface area contributed by atoms with Crippen LogP contribution in [0, 0.1) is 0 Å². The van der Waals surface area contributed by atoms with Crippen LogP contribution in [0.2, 0.25) is 0 Å². The third kappa shape index (κ3) is 2.27. The highest BCUT2D eigenvalue weighted by Gasteiger charge is 2.21. The van der Waals surface area contributed by atoms with E-state index in [1.165, 1.54) is 0 Å². The number of nitrogens with zero attached hydrogens (tertiary/aromatic N) is 2. The molecule has 0 saturated carbocycles. The quantitative estimate of drug-likeness (QED) is 0.848. The number of amides is 3. The molecular formula is C14H13N3O2. The maximum Gasteiger partial charge on any atom is 0.328 e. The van der Waals surface area contributed by atoms with Crippen LogP contribution in [-0.2, 0) is 4.79 Å². The highest BCUT2D eigenvalue weighted by atomic mass is 16.2. The molecule has 0 atom stereocenters. The fourth-order valence-corrected chi connectivity index (χ4v) is 2.23. The molecule has 1 N–H and O–H groups in total. The van der Waals surface area contributed by atoms with Gasteiger partial charge in [0.05, 0.1) is 5.52 Å². The molecule has 19 heavy (non-hydrogen) atoms. The van der Waals surface area contributed by atoms with Crippen LogP contribution < -0.4 is 10.2 Å². The van der Waals surface area contributed by atoms with Crippen molar-refractivity contribution in [2.45, 2.75) is 12.8 Å². The van der Waals surface area contributed by atoms with E-state index in [4.69, 9.17) is 0 Å². The Bertz CT molecular complexity index is 654. The van der Waals surface area contributed by atoms with Gasteiger partial charge in [-0.05, 0) is 30.7 Å². The molecule has 3 rings (SSSR count). The summed E-state index contributed by atoms with van der Waals surface area (Å²) in [5.74, 6) is -0.213. The van der Waals surface area contributed by atoms with Gasteiger partial charge in [-0.25, -0.2) is 4.79 Å². The third-order valence-electron chi connectivity index (χ3n) is 3.18. The maximum atomic E-state index is 11.9. The van der Waals surface area contributed by atoms with Gasteiger partial charge < -0.3 is 0 Å². The lowest BCUT2D eigenvalue weighted by Gasteiger charge is -2.20. The number of aromatic nitrogens is 1. The van der Waals surface area contributed by atoms with Crippen LogP contribution in [0.4, 0.5) is 10.5 Å². The number of carbonyl (C=O) groups is 2. The molecule has 1 aromatic carbocycles. The van der Waals surface area contributed by atoms with E-state index in [2.05, 4.69) is 10.3 Å². The molecule has 2 heterocycles. The number of benzene rings is 1. The third-order valence-corrected chi connectivity index (χ3v) is 3.18. The van der Waals surface area contributed by atoms with E-state index in [0.717, 1.165) is 16.6 Å². The summed E-state index contributed by atoms with van der Waals surface area (Å²) in [4.78, 5) is 29.1. The predicted octanol–water partition coefficient (Wildman–Crippen LogP) is 2.07. The van der Waals surface area contributed by atoms with E-state index in [1.54, 1.807) is 11.1 Å². The Kier molecular flexibility index (Phi) is 2.87. The molecule has 1 aliphatic rings. The first-order valence-electron chi connectivity index (χ1n) is 6.20. The van der Waals surface area contributed by atoms with Crippen molar-refractivity contribution in [2.24, 2.45) is 0 Å². The molecule has 3 amide bonds. The van der Waals surface area contributed by atoms with Gasteiger partial charge in [0.2, 0.25) is 5.91 Å². The summed E-state index contributed by atoms with van der Waals surface area (Å²) >= 11 is 0. The summed E-state index contributed by atoms with van der Waals surface area (Å²) in [6, 6.07) is 9.10. The zero-order valence-electron chi connectivity index (χ0n) is 10.3. The second-order valence-corrected chi connectivity index (χ2v) is 4.49. The van der Waals surface area contributed by atoms with E-state index in [0.29, 0.717) is 19.4 Å². The molecule has 2 aromatic rings. The number of carbonyl (C=O) groups excluding carboxylic acids is 2. The highest BCUT2D eigenvalue weighted by molar-refractivity contribution is 6.04. The van der Waals surface area contributed by atoms with E-state index < -0.39 is 0 Å². The number of hydrogen-bond donors (Lipinski definition) is 1. The minimum atomic E-state index is -0.356. The number of hydrogen-bond acceptors (Lipinski definition) is 3. The summed E-state index contributed by atoms with van der Waals surface area (Å²) in [6.07, 6.45) is 2.79. The number of urea groups is 1. The lowest BCUT2D eigenvalue weighted by atomic mass is 10.2. The molecule has 96 valence electrons. The predicted molar refractivity (Wildman–Crippen MR) is 71.9 cm³/mol. The van der Waals surface area contributed by atoms with Gasteiger partial charge >= 0.3 is 6.03 Å². The Balaban J connectivity index is 1.98. The first-order valence-corrected chi connectivity index (χ1v) is 6.20. The average molecular weight is 255 g/mol.